The molecule has 0 radical (unpaired) electrons. The Balaban J connectivity index is 1.89. The number of carbonyl (C=O) groups is 2. The molecule has 0 unspecified atom stereocenters. The van der Waals surface area contributed by atoms with Crippen molar-refractivity contribution in [2.24, 2.45) is 5.92 Å². The second kappa shape index (κ2) is 7.08. The summed E-state index contributed by atoms with van der Waals surface area (Å²) >= 11 is 0. The van der Waals surface area contributed by atoms with Gasteiger partial charge in [-0.25, -0.2) is 5.06 Å². The lowest BCUT2D eigenvalue weighted by Gasteiger charge is -2.42. The first kappa shape index (κ1) is 15.9. The Kier molecular flexibility index (Phi) is 4.91. The number of hydroxylamine groups is 2. The maximum absolute atomic E-state index is 13.0. The molecule has 3 heterocycles. The zero-order valence-corrected chi connectivity index (χ0v) is 13.5. The number of hydrogen-bond acceptors (Lipinski definition) is 4. The van der Waals surface area contributed by atoms with E-state index in [-0.39, 0.29) is 23.8 Å². The summed E-state index contributed by atoms with van der Waals surface area (Å²) in [5.74, 6) is -0.150. The van der Waals surface area contributed by atoms with E-state index in [9.17, 15) is 9.59 Å². The molecule has 2 amide bonds. The maximum Gasteiger partial charge on any atom is 0.251 e. The topological polar surface area (TPSA) is 62.7 Å². The molecule has 2 aliphatic heterocycles. The van der Waals surface area contributed by atoms with E-state index in [1.54, 1.807) is 12.4 Å². The average Bonchev–Trinajstić information content (AvgIpc) is 2.62. The van der Waals surface area contributed by atoms with Crippen LogP contribution in [0.2, 0.25) is 0 Å². The normalized spacial score (nSPS) is 25.5. The van der Waals surface area contributed by atoms with Gasteiger partial charge >= 0.3 is 0 Å². The Bertz CT molecular complexity index is 557. The minimum absolute atomic E-state index is 0.00235. The molecule has 1 aromatic rings. The second-order valence-electron chi connectivity index (χ2n) is 6.03. The second-order valence-corrected chi connectivity index (χ2v) is 6.03. The number of hydrogen-bond donors (Lipinski definition) is 0. The molecule has 23 heavy (non-hydrogen) atoms. The third-order valence-corrected chi connectivity index (χ3v) is 4.66. The smallest absolute Gasteiger partial charge is 0.251 e. The van der Waals surface area contributed by atoms with Crippen molar-refractivity contribution in [2.45, 2.75) is 38.6 Å². The highest BCUT2D eigenvalue weighted by Crippen LogP contribution is 2.37. The summed E-state index contributed by atoms with van der Waals surface area (Å²) in [4.78, 5) is 36.7. The van der Waals surface area contributed by atoms with Crippen LogP contribution in [0.4, 0.5) is 0 Å². The van der Waals surface area contributed by atoms with Crippen molar-refractivity contribution in [3.63, 3.8) is 0 Å². The van der Waals surface area contributed by atoms with Gasteiger partial charge in [-0.3, -0.25) is 19.4 Å². The van der Waals surface area contributed by atoms with E-state index in [0.717, 1.165) is 18.4 Å². The molecule has 6 heteroatoms. The van der Waals surface area contributed by atoms with Crippen LogP contribution in [-0.4, -0.2) is 46.5 Å². The van der Waals surface area contributed by atoms with Crippen LogP contribution in [0.5, 0.6) is 0 Å². The summed E-state index contributed by atoms with van der Waals surface area (Å²) in [6.45, 7) is 3.78. The van der Waals surface area contributed by atoms with Crippen molar-refractivity contribution >= 4 is 11.8 Å². The molecule has 3 rings (SSSR count). The fourth-order valence-corrected chi connectivity index (χ4v) is 3.51. The van der Waals surface area contributed by atoms with Crippen molar-refractivity contribution in [3.8, 4) is 0 Å². The van der Waals surface area contributed by atoms with Gasteiger partial charge in [0.2, 0.25) is 5.91 Å². The van der Waals surface area contributed by atoms with Crippen LogP contribution < -0.4 is 0 Å². The minimum Gasteiger partial charge on any atom is -0.335 e. The highest BCUT2D eigenvalue weighted by molar-refractivity contribution is 5.84. The van der Waals surface area contributed by atoms with Gasteiger partial charge in [0.15, 0.2) is 0 Å². The van der Waals surface area contributed by atoms with E-state index in [2.05, 4.69) is 4.98 Å². The van der Waals surface area contributed by atoms with Crippen molar-refractivity contribution in [2.75, 3.05) is 19.7 Å². The number of rotatable bonds is 3. The van der Waals surface area contributed by atoms with Crippen LogP contribution in [0.1, 0.15) is 44.2 Å². The largest absolute Gasteiger partial charge is 0.335 e. The Morgan fingerprint density at radius 1 is 1.35 bits per heavy atom. The van der Waals surface area contributed by atoms with Gasteiger partial charge in [0.25, 0.3) is 5.91 Å². The van der Waals surface area contributed by atoms with E-state index in [1.165, 1.54) is 5.06 Å². The number of nitrogens with zero attached hydrogens (tertiary/aromatic N) is 3. The van der Waals surface area contributed by atoms with E-state index in [4.69, 9.17) is 4.84 Å². The lowest BCUT2D eigenvalue weighted by atomic mass is 9.83. The molecule has 6 nitrogen and oxygen atoms in total. The summed E-state index contributed by atoms with van der Waals surface area (Å²) < 4.78 is 0. The van der Waals surface area contributed by atoms with Crippen molar-refractivity contribution in [3.05, 3.63) is 30.1 Å². The zero-order chi connectivity index (χ0) is 16.2. The number of likely N-dealkylation sites (tertiary alicyclic amines) is 1. The van der Waals surface area contributed by atoms with Gasteiger partial charge < -0.3 is 4.90 Å². The molecule has 2 atom stereocenters. The average molecular weight is 317 g/mol. The van der Waals surface area contributed by atoms with E-state index >= 15 is 0 Å². The number of amides is 2. The third kappa shape index (κ3) is 3.22. The van der Waals surface area contributed by atoms with Crippen LogP contribution in [0.25, 0.3) is 0 Å². The summed E-state index contributed by atoms with van der Waals surface area (Å²) in [5.41, 5.74) is 0.963. The maximum atomic E-state index is 13.0. The predicted octanol–water partition coefficient (Wildman–Crippen LogP) is 1.94. The van der Waals surface area contributed by atoms with Crippen molar-refractivity contribution in [1.29, 1.82) is 0 Å². The van der Waals surface area contributed by atoms with Gasteiger partial charge in [0, 0.05) is 31.9 Å². The molecular formula is C17H23N3O3. The fraction of sp³-hybridized carbons (Fsp3) is 0.588. The molecule has 0 N–H and O–H groups in total. The first-order valence-electron chi connectivity index (χ1n) is 8.36. The molecule has 124 valence electrons. The Morgan fingerprint density at radius 3 is 2.78 bits per heavy atom. The van der Waals surface area contributed by atoms with Crippen LogP contribution in [0, 0.1) is 5.92 Å². The Labute approximate surface area is 136 Å². The summed E-state index contributed by atoms with van der Waals surface area (Å²) in [5, 5.41) is 1.51. The lowest BCUT2D eigenvalue weighted by Crippen LogP contribution is -2.49. The van der Waals surface area contributed by atoms with Crippen LogP contribution in [0.15, 0.2) is 24.5 Å². The number of aromatic nitrogens is 1. The highest BCUT2D eigenvalue weighted by Gasteiger charge is 2.42. The first-order chi connectivity index (χ1) is 11.2. The standard InChI is InChI=1S/C17H23N3O3/c1-2-19-15(21)6-5-14(16(19)13-7-9-18-10-8-13)17(22)20-11-3-4-12-23-20/h7-10,14,16H,2-6,11-12H2,1H3/t14-,16+/m0/s1. The van der Waals surface area contributed by atoms with E-state index in [0.29, 0.717) is 32.5 Å². The Hall–Kier alpha value is -1.95. The molecule has 0 aliphatic carbocycles. The van der Waals surface area contributed by atoms with Gasteiger partial charge in [0.05, 0.1) is 18.6 Å². The lowest BCUT2D eigenvalue weighted by molar-refractivity contribution is -0.204. The molecule has 0 saturated carbocycles. The quantitative estimate of drug-likeness (QED) is 0.854. The molecule has 0 aromatic carbocycles. The summed E-state index contributed by atoms with van der Waals surface area (Å²) in [6, 6.07) is 3.55. The first-order valence-corrected chi connectivity index (χ1v) is 8.36. The zero-order valence-electron chi connectivity index (χ0n) is 13.5. The van der Waals surface area contributed by atoms with Gasteiger partial charge in [-0.1, -0.05) is 0 Å². The number of carbonyl (C=O) groups excluding carboxylic acids is 2. The van der Waals surface area contributed by atoms with Gasteiger partial charge in [-0.15, -0.1) is 0 Å². The molecule has 2 fully saturated rings. The SMILES string of the molecule is CCN1C(=O)CC[C@H](C(=O)N2CCCCO2)[C@H]1c1ccncc1. The molecule has 0 bridgehead atoms. The van der Waals surface area contributed by atoms with Crippen LogP contribution >= 0.6 is 0 Å². The summed E-state index contributed by atoms with van der Waals surface area (Å²) in [6.07, 6.45) is 6.36. The monoisotopic (exact) mass is 317 g/mol. The van der Waals surface area contributed by atoms with Gasteiger partial charge in [-0.05, 0) is 43.9 Å². The minimum atomic E-state index is -0.256. The number of pyridine rings is 1. The fourth-order valence-electron chi connectivity index (χ4n) is 3.51. The molecule has 2 aliphatic rings. The highest BCUT2D eigenvalue weighted by atomic mass is 16.7. The van der Waals surface area contributed by atoms with Gasteiger partial charge in [-0.2, -0.15) is 0 Å². The molecule has 0 spiro atoms. The van der Waals surface area contributed by atoms with Crippen LogP contribution in [-0.2, 0) is 14.4 Å². The Morgan fingerprint density at radius 2 is 2.13 bits per heavy atom. The van der Waals surface area contributed by atoms with Crippen molar-refractivity contribution < 1.29 is 14.4 Å². The van der Waals surface area contributed by atoms with Crippen LogP contribution in [0.3, 0.4) is 0 Å². The number of piperidine rings is 1. The molecule has 1 aromatic heterocycles. The predicted molar refractivity (Wildman–Crippen MR) is 84.0 cm³/mol. The van der Waals surface area contributed by atoms with Crippen molar-refractivity contribution in [1.82, 2.24) is 14.9 Å². The van der Waals surface area contributed by atoms with E-state index < -0.39 is 0 Å². The third-order valence-electron chi connectivity index (χ3n) is 4.66. The molecular weight excluding hydrogens is 294 g/mol. The van der Waals surface area contributed by atoms with E-state index in [1.807, 2.05) is 24.0 Å². The molecule has 2 saturated heterocycles. The summed E-state index contributed by atoms with van der Waals surface area (Å²) in [7, 11) is 0. The van der Waals surface area contributed by atoms with Gasteiger partial charge in [0.1, 0.15) is 0 Å².